The molecule has 1 N–H and O–H groups in total. The lowest BCUT2D eigenvalue weighted by Gasteiger charge is -2.36. The summed E-state index contributed by atoms with van der Waals surface area (Å²) in [6.45, 7) is 4.42. The van der Waals surface area contributed by atoms with E-state index >= 15 is 0 Å². The van der Waals surface area contributed by atoms with Crippen LogP contribution in [0.3, 0.4) is 0 Å². The molecule has 0 spiro atoms. The zero-order valence-electron chi connectivity index (χ0n) is 16.6. The van der Waals surface area contributed by atoms with Gasteiger partial charge in [-0.3, -0.25) is 9.59 Å². The highest BCUT2D eigenvalue weighted by Crippen LogP contribution is 2.17. The molecule has 148 valence electrons. The van der Waals surface area contributed by atoms with E-state index in [9.17, 15) is 9.59 Å². The third-order valence-electron chi connectivity index (χ3n) is 4.93. The highest BCUT2D eigenvalue weighted by molar-refractivity contribution is 5.97. The van der Waals surface area contributed by atoms with E-state index in [1.807, 2.05) is 42.1 Å². The Morgan fingerprint density at radius 3 is 2.11 bits per heavy atom. The van der Waals surface area contributed by atoms with Gasteiger partial charge in [-0.15, -0.1) is 0 Å². The van der Waals surface area contributed by atoms with Gasteiger partial charge in [0.1, 0.15) is 0 Å². The van der Waals surface area contributed by atoms with Crippen molar-refractivity contribution in [3.63, 3.8) is 0 Å². The van der Waals surface area contributed by atoms with Gasteiger partial charge >= 0.3 is 0 Å². The van der Waals surface area contributed by atoms with Gasteiger partial charge in [0.25, 0.3) is 11.8 Å². The number of nitrogens with one attached hydrogen (secondary N) is 1. The highest BCUT2D eigenvalue weighted by atomic mass is 16.2. The van der Waals surface area contributed by atoms with Crippen LogP contribution in [0.4, 0.5) is 5.69 Å². The van der Waals surface area contributed by atoms with Crippen molar-refractivity contribution in [2.75, 3.05) is 58.3 Å². The molecule has 0 unspecified atom stereocenters. The Bertz CT molecular complexity index is 782. The zero-order chi connectivity index (χ0) is 19.9. The average Bonchev–Trinajstić information content (AvgIpc) is 2.74. The third kappa shape index (κ3) is 5.10. The number of piperazine rings is 1. The summed E-state index contributed by atoms with van der Waals surface area (Å²) in [4.78, 5) is 31.1. The predicted molar refractivity (Wildman–Crippen MR) is 112 cm³/mol. The van der Waals surface area contributed by atoms with Gasteiger partial charge in [-0.05, 0) is 50.5 Å². The van der Waals surface area contributed by atoms with Crippen LogP contribution in [-0.4, -0.2) is 75.0 Å². The number of benzene rings is 2. The van der Waals surface area contributed by atoms with E-state index in [1.54, 1.807) is 24.3 Å². The molecule has 1 fully saturated rings. The van der Waals surface area contributed by atoms with Crippen molar-refractivity contribution >= 4 is 17.5 Å². The van der Waals surface area contributed by atoms with Gasteiger partial charge in [-0.1, -0.05) is 18.2 Å². The van der Waals surface area contributed by atoms with E-state index < -0.39 is 0 Å². The van der Waals surface area contributed by atoms with E-state index in [-0.39, 0.29) is 11.8 Å². The normalized spacial score (nSPS) is 14.2. The summed E-state index contributed by atoms with van der Waals surface area (Å²) in [5.41, 5.74) is 2.39. The van der Waals surface area contributed by atoms with Crippen LogP contribution in [0.1, 0.15) is 20.7 Å². The number of para-hydroxylation sites is 1. The molecule has 6 heteroatoms. The first-order chi connectivity index (χ1) is 13.5. The van der Waals surface area contributed by atoms with Crippen LogP contribution < -0.4 is 10.2 Å². The van der Waals surface area contributed by atoms with Gasteiger partial charge in [0.15, 0.2) is 0 Å². The van der Waals surface area contributed by atoms with Gasteiger partial charge < -0.3 is 20.0 Å². The first-order valence-electron chi connectivity index (χ1n) is 9.67. The molecule has 3 rings (SSSR count). The maximum Gasteiger partial charge on any atom is 0.253 e. The van der Waals surface area contributed by atoms with E-state index in [2.05, 4.69) is 22.3 Å². The molecule has 2 amide bonds. The minimum absolute atomic E-state index is 0.0206. The minimum Gasteiger partial charge on any atom is -0.368 e. The second kappa shape index (κ2) is 9.37. The number of hydrogen-bond acceptors (Lipinski definition) is 4. The van der Waals surface area contributed by atoms with Crippen LogP contribution in [0.15, 0.2) is 54.6 Å². The smallest absolute Gasteiger partial charge is 0.253 e. The second-order valence-corrected chi connectivity index (χ2v) is 7.25. The Balaban J connectivity index is 1.53. The zero-order valence-corrected chi connectivity index (χ0v) is 16.6. The van der Waals surface area contributed by atoms with Gasteiger partial charge in [0, 0.05) is 56.1 Å². The summed E-state index contributed by atoms with van der Waals surface area (Å²) in [5, 5.41) is 2.88. The maximum atomic E-state index is 12.8. The Labute approximate surface area is 166 Å². The molecule has 28 heavy (non-hydrogen) atoms. The molecule has 1 heterocycles. The van der Waals surface area contributed by atoms with Crippen LogP contribution in [0, 0.1) is 0 Å². The summed E-state index contributed by atoms with van der Waals surface area (Å²) < 4.78 is 0. The van der Waals surface area contributed by atoms with Crippen molar-refractivity contribution in [1.82, 2.24) is 15.1 Å². The molecule has 1 aliphatic rings. The molecule has 6 nitrogen and oxygen atoms in total. The van der Waals surface area contributed by atoms with Crippen molar-refractivity contribution in [3.05, 3.63) is 65.7 Å². The number of anilines is 1. The number of amides is 2. The quantitative estimate of drug-likeness (QED) is 0.832. The maximum absolute atomic E-state index is 12.8. The molecule has 1 aliphatic heterocycles. The second-order valence-electron chi connectivity index (χ2n) is 7.25. The van der Waals surface area contributed by atoms with Gasteiger partial charge in [0.2, 0.25) is 0 Å². The van der Waals surface area contributed by atoms with Crippen LogP contribution in [-0.2, 0) is 0 Å². The summed E-state index contributed by atoms with van der Waals surface area (Å²) in [6.07, 6.45) is 0. The largest absolute Gasteiger partial charge is 0.368 e. The Morgan fingerprint density at radius 1 is 0.893 bits per heavy atom. The number of hydrogen-bond donors (Lipinski definition) is 1. The Kier molecular flexibility index (Phi) is 6.66. The monoisotopic (exact) mass is 380 g/mol. The lowest BCUT2D eigenvalue weighted by atomic mass is 10.1. The molecule has 1 saturated heterocycles. The number of carbonyl (C=O) groups is 2. The van der Waals surface area contributed by atoms with E-state index in [0.717, 1.165) is 19.6 Å². The van der Waals surface area contributed by atoms with Gasteiger partial charge in [-0.25, -0.2) is 0 Å². The van der Waals surface area contributed by atoms with Crippen molar-refractivity contribution in [2.45, 2.75) is 0 Å². The third-order valence-corrected chi connectivity index (χ3v) is 4.93. The fraction of sp³-hybridized carbons (Fsp3) is 0.364. The number of nitrogens with zero attached hydrogens (tertiary/aromatic N) is 3. The molecular weight excluding hydrogens is 352 g/mol. The fourth-order valence-corrected chi connectivity index (χ4v) is 3.25. The Morgan fingerprint density at radius 2 is 1.50 bits per heavy atom. The lowest BCUT2D eigenvalue weighted by Crippen LogP contribution is -2.48. The highest BCUT2D eigenvalue weighted by Gasteiger charge is 2.22. The molecule has 2 aromatic rings. The average molecular weight is 380 g/mol. The van der Waals surface area contributed by atoms with Crippen LogP contribution in [0.2, 0.25) is 0 Å². The summed E-state index contributed by atoms with van der Waals surface area (Å²) >= 11 is 0. The van der Waals surface area contributed by atoms with E-state index in [1.165, 1.54) is 5.69 Å². The molecule has 0 radical (unpaired) electrons. The summed E-state index contributed by atoms with van der Waals surface area (Å²) in [7, 11) is 3.93. The molecule has 0 aromatic heterocycles. The van der Waals surface area contributed by atoms with Crippen molar-refractivity contribution in [3.8, 4) is 0 Å². The molecule has 0 atom stereocenters. The predicted octanol–water partition coefficient (Wildman–Crippen LogP) is 1.94. The number of likely N-dealkylation sites (N-methyl/N-ethyl adjacent to an activating group) is 1. The number of rotatable bonds is 6. The molecular formula is C22H28N4O2. The van der Waals surface area contributed by atoms with Crippen LogP contribution in [0.5, 0.6) is 0 Å². The van der Waals surface area contributed by atoms with Gasteiger partial charge in [0.05, 0.1) is 0 Å². The standard InChI is InChI=1S/C22H28N4O2/c1-24(2)13-12-23-21(27)18-8-10-19(11-9-18)22(28)26-16-14-25(15-17-26)20-6-4-3-5-7-20/h3-11H,12-17H2,1-2H3,(H,23,27). The Hall–Kier alpha value is -2.86. The van der Waals surface area contributed by atoms with Crippen molar-refractivity contribution in [2.24, 2.45) is 0 Å². The first-order valence-corrected chi connectivity index (χ1v) is 9.67. The van der Waals surface area contributed by atoms with E-state index in [4.69, 9.17) is 0 Å². The molecule has 2 aromatic carbocycles. The summed E-state index contributed by atoms with van der Waals surface area (Å²) in [5.74, 6) is -0.0930. The van der Waals surface area contributed by atoms with Crippen molar-refractivity contribution < 1.29 is 9.59 Å². The SMILES string of the molecule is CN(C)CCNC(=O)c1ccc(C(=O)N2CCN(c3ccccc3)CC2)cc1. The fourth-order valence-electron chi connectivity index (χ4n) is 3.25. The molecule has 0 aliphatic carbocycles. The van der Waals surface area contributed by atoms with Crippen LogP contribution >= 0.6 is 0 Å². The summed E-state index contributed by atoms with van der Waals surface area (Å²) in [6, 6.07) is 17.2. The first kappa shape index (κ1) is 19.9. The lowest BCUT2D eigenvalue weighted by molar-refractivity contribution is 0.0746. The van der Waals surface area contributed by atoms with Crippen molar-refractivity contribution in [1.29, 1.82) is 0 Å². The molecule has 0 saturated carbocycles. The van der Waals surface area contributed by atoms with Crippen LogP contribution in [0.25, 0.3) is 0 Å². The van der Waals surface area contributed by atoms with E-state index in [0.29, 0.717) is 30.8 Å². The minimum atomic E-state index is -0.114. The molecule has 0 bridgehead atoms. The number of carbonyl (C=O) groups excluding carboxylic acids is 2. The topological polar surface area (TPSA) is 55.9 Å². The van der Waals surface area contributed by atoms with Gasteiger partial charge in [-0.2, -0.15) is 0 Å².